The second-order valence-electron chi connectivity index (χ2n) is 5.29. The van der Waals surface area contributed by atoms with Crippen LogP contribution >= 0.6 is 11.6 Å². The number of amides is 1. The number of carboxylic acids is 1. The minimum Gasteiger partial charge on any atom is -0.493 e. The second kappa shape index (κ2) is 7.35. The van der Waals surface area contributed by atoms with Gasteiger partial charge in [-0.15, -0.1) is 0 Å². The van der Waals surface area contributed by atoms with Crippen molar-refractivity contribution in [2.24, 2.45) is 5.41 Å². The van der Waals surface area contributed by atoms with Gasteiger partial charge in [0, 0.05) is 12.1 Å². The Balaban J connectivity index is 2.95. The van der Waals surface area contributed by atoms with E-state index in [1.807, 2.05) is 6.92 Å². The SMILES string of the molecule is CCOc1c(Cl)cc(C(=O)NCC(C)(C)C(=O)O)cc1OC. The van der Waals surface area contributed by atoms with Crippen LogP contribution in [0.5, 0.6) is 11.5 Å². The summed E-state index contributed by atoms with van der Waals surface area (Å²) in [6.45, 7) is 5.27. The molecule has 0 saturated heterocycles. The van der Waals surface area contributed by atoms with Crippen LogP contribution in [0.25, 0.3) is 0 Å². The van der Waals surface area contributed by atoms with Crippen LogP contribution in [0, 0.1) is 5.41 Å². The van der Waals surface area contributed by atoms with Crippen molar-refractivity contribution in [2.45, 2.75) is 20.8 Å². The average Bonchev–Trinajstić information content (AvgIpc) is 2.46. The number of halogens is 1. The molecule has 0 aliphatic rings. The fourth-order valence-corrected chi connectivity index (χ4v) is 1.88. The first-order valence-electron chi connectivity index (χ1n) is 6.74. The number of nitrogens with one attached hydrogen (secondary N) is 1. The van der Waals surface area contributed by atoms with Crippen molar-refractivity contribution < 1.29 is 24.2 Å². The van der Waals surface area contributed by atoms with Crippen molar-refractivity contribution in [3.05, 3.63) is 22.7 Å². The molecule has 1 aromatic carbocycles. The summed E-state index contributed by atoms with van der Waals surface area (Å²) in [7, 11) is 1.45. The van der Waals surface area contributed by atoms with Crippen LogP contribution in [-0.2, 0) is 4.79 Å². The van der Waals surface area contributed by atoms with E-state index in [1.165, 1.54) is 33.1 Å². The first-order chi connectivity index (χ1) is 10.2. The van der Waals surface area contributed by atoms with Gasteiger partial charge in [0.25, 0.3) is 5.91 Å². The summed E-state index contributed by atoms with van der Waals surface area (Å²) in [5.41, 5.74) is -0.791. The highest BCUT2D eigenvalue weighted by molar-refractivity contribution is 6.32. The van der Waals surface area contributed by atoms with E-state index in [9.17, 15) is 9.59 Å². The third-order valence-corrected chi connectivity index (χ3v) is 3.33. The molecule has 0 atom stereocenters. The number of hydrogen-bond acceptors (Lipinski definition) is 4. The maximum absolute atomic E-state index is 12.1. The molecule has 7 heteroatoms. The zero-order chi connectivity index (χ0) is 16.9. The number of rotatable bonds is 7. The lowest BCUT2D eigenvalue weighted by Gasteiger charge is -2.20. The molecule has 2 N–H and O–H groups in total. The van der Waals surface area contributed by atoms with Gasteiger partial charge in [0.05, 0.1) is 24.2 Å². The average molecular weight is 330 g/mol. The smallest absolute Gasteiger partial charge is 0.310 e. The molecule has 0 fully saturated rings. The van der Waals surface area contributed by atoms with Gasteiger partial charge in [-0.3, -0.25) is 9.59 Å². The normalized spacial score (nSPS) is 11.0. The van der Waals surface area contributed by atoms with E-state index in [0.29, 0.717) is 18.1 Å². The molecule has 6 nitrogen and oxygen atoms in total. The molecule has 0 unspecified atom stereocenters. The Hall–Kier alpha value is -1.95. The summed E-state index contributed by atoms with van der Waals surface area (Å²) in [4.78, 5) is 23.2. The Morgan fingerprint density at radius 3 is 2.50 bits per heavy atom. The van der Waals surface area contributed by atoms with E-state index in [4.69, 9.17) is 26.2 Å². The summed E-state index contributed by atoms with van der Waals surface area (Å²) in [6.07, 6.45) is 0. The number of benzene rings is 1. The summed E-state index contributed by atoms with van der Waals surface area (Å²) >= 11 is 6.10. The number of carbonyl (C=O) groups is 2. The van der Waals surface area contributed by atoms with Gasteiger partial charge in [-0.2, -0.15) is 0 Å². The van der Waals surface area contributed by atoms with Gasteiger partial charge in [0.1, 0.15) is 0 Å². The Bertz CT molecular complexity index is 571. The summed E-state index contributed by atoms with van der Waals surface area (Å²) < 4.78 is 10.5. The molecule has 0 bridgehead atoms. The number of hydrogen-bond donors (Lipinski definition) is 2. The first-order valence-corrected chi connectivity index (χ1v) is 7.12. The van der Waals surface area contributed by atoms with Crippen molar-refractivity contribution in [3.8, 4) is 11.5 Å². The zero-order valence-electron chi connectivity index (χ0n) is 13.0. The predicted octanol–water partition coefficient (Wildman–Crippen LogP) is 2.59. The number of carboxylic acid groups (broad SMARTS) is 1. The van der Waals surface area contributed by atoms with E-state index < -0.39 is 17.3 Å². The highest BCUT2D eigenvalue weighted by Gasteiger charge is 2.28. The second-order valence-corrected chi connectivity index (χ2v) is 5.70. The quantitative estimate of drug-likeness (QED) is 0.803. The van der Waals surface area contributed by atoms with Crippen molar-refractivity contribution in [3.63, 3.8) is 0 Å². The predicted molar refractivity (Wildman–Crippen MR) is 82.9 cm³/mol. The molecule has 122 valence electrons. The Labute approximate surface area is 134 Å². The van der Waals surface area contributed by atoms with E-state index in [1.54, 1.807) is 0 Å². The molecule has 0 aliphatic carbocycles. The molecule has 1 amide bonds. The van der Waals surface area contributed by atoms with Crippen molar-refractivity contribution in [2.75, 3.05) is 20.3 Å². The van der Waals surface area contributed by atoms with E-state index in [0.717, 1.165) is 0 Å². The Morgan fingerprint density at radius 1 is 1.36 bits per heavy atom. The Kier molecular flexibility index (Phi) is 6.05. The van der Waals surface area contributed by atoms with Crippen LogP contribution in [0.15, 0.2) is 12.1 Å². The molecule has 0 aromatic heterocycles. The molecule has 0 spiro atoms. The van der Waals surface area contributed by atoms with Crippen molar-refractivity contribution in [1.82, 2.24) is 5.32 Å². The number of aliphatic carboxylic acids is 1. The lowest BCUT2D eigenvalue weighted by atomic mass is 9.94. The van der Waals surface area contributed by atoms with Gasteiger partial charge in [-0.25, -0.2) is 0 Å². The molecular weight excluding hydrogens is 310 g/mol. The number of methoxy groups -OCH3 is 1. The minimum atomic E-state index is -1.06. The largest absolute Gasteiger partial charge is 0.493 e. The molecule has 1 aromatic rings. The minimum absolute atomic E-state index is 0.00564. The Morgan fingerprint density at radius 2 is 2.00 bits per heavy atom. The maximum atomic E-state index is 12.1. The van der Waals surface area contributed by atoms with Crippen molar-refractivity contribution >= 4 is 23.5 Å². The third-order valence-electron chi connectivity index (χ3n) is 3.05. The van der Waals surface area contributed by atoms with E-state index in [2.05, 4.69) is 5.32 Å². The topological polar surface area (TPSA) is 84.9 Å². The molecule has 0 saturated carbocycles. The molecule has 0 radical (unpaired) electrons. The summed E-state index contributed by atoms with van der Waals surface area (Å²) in [5, 5.41) is 11.9. The highest BCUT2D eigenvalue weighted by Crippen LogP contribution is 2.36. The van der Waals surface area contributed by atoms with Crippen LogP contribution < -0.4 is 14.8 Å². The lowest BCUT2D eigenvalue weighted by Crippen LogP contribution is -2.38. The van der Waals surface area contributed by atoms with E-state index >= 15 is 0 Å². The van der Waals surface area contributed by atoms with Crippen LogP contribution in [0.3, 0.4) is 0 Å². The highest BCUT2D eigenvalue weighted by atomic mass is 35.5. The molecule has 22 heavy (non-hydrogen) atoms. The van der Waals surface area contributed by atoms with E-state index in [-0.39, 0.29) is 17.1 Å². The van der Waals surface area contributed by atoms with Gasteiger partial charge in [0.2, 0.25) is 0 Å². The molecular formula is C15H20ClNO5. The van der Waals surface area contributed by atoms with Gasteiger partial charge < -0.3 is 19.9 Å². The van der Waals surface area contributed by atoms with Crippen LogP contribution in [0.1, 0.15) is 31.1 Å². The lowest BCUT2D eigenvalue weighted by molar-refractivity contribution is -0.146. The van der Waals surface area contributed by atoms with Crippen LogP contribution in [0.2, 0.25) is 5.02 Å². The first kappa shape index (κ1) is 18.1. The number of ether oxygens (including phenoxy) is 2. The monoisotopic (exact) mass is 329 g/mol. The van der Waals surface area contributed by atoms with Gasteiger partial charge in [-0.1, -0.05) is 11.6 Å². The third kappa shape index (κ3) is 4.27. The van der Waals surface area contributed by atoms with Crippen molar-refractivity contribution in [1.29, 1.82) is 0 Å². The van der Waals surface area contributed by atoms with Crippen LogP contribution in [-0.4, -0.2) is 37.2 Å². The summed E-state index contributed by atoms with van der Waals surface area (Å²) in [6, 6.07) is 2.96. The summed E-state index contributed by atoms with van der Waals surface area (Å²) in [5.74, 6) is -0.709. The maximum Gasteiger partial charge on any atom is 0.310 e. The molecule has 0 aliphatic heterocycles. The van der Waals surface area contributed by atoms with Gasteiger partial charge >= 0.3 is 5.97 Å². The molecule has 1 rings (SSSR count). The van der Waals surface area contributed by atoms with Gasteiger partial charge in [-0.05, 0) is 32.9 Å². The fraction of sp³-hybridized carbons (Fsp3) is 0.467. The van der Waals surface area contributed by atoms with Gasteiger partial charge in [0.15, 0.2) is 11.5 Å². The fourth-order valence-electron chi connectivity index (χ4n) is 1.61. The molecule has 0 heterocycles. The number of carbonyl (C=O) groups excluding carboxylic acids is 1. The standard InChI is InChI=1S/C15H20ClNO5/c1-5-22-12-10(16)6-9(7-11(12)21-4)13(18)17-8-15(2,3)14(19)20/h6-7H,5,8H2,1-4H3,(H,17,18)(H,19,20). The zero-order valence-corrected chi connectivity index (χ0v) is 13.8. The van der Waals surface area contributed by atoms with Crippen LogP contribution in [0.4, 0.5) is 0 Å².